The molecule has 0 aliphatic carbocycles. The van der Waals surface area contributed by atoms with Crippen LogP contribution in [0.4, 0.5) is 4.39 Å². The Labute approximate surface area is 171 Å². The number of H-pyrrole nitrogens is 1. The van der Waals surface area contributed by atoms with Crippen LogP contribution in [0.1, 0.15) is 38.7 Å². The SMILES string of the molecule is CC1(C)CC(c2c[nH]c(-c3ccc(F)cc3)c2-c2ccncc2)=CC2CCCN21. The molecule has 3 aromatic rings. The van der Waals surface area contributed by atoms with Crippen LogP contribution >= 0.6 is 0 Å². The van der Waals surface area contributed by atoms with E-state index in [0.717, 1.165) is 23.2 Å². The molecule has 0 bridgehead atoms. The number of halogens is 1. The third kappa shape index (κ3) is 3.22. The van der Waals surface area contributed by atoms with Crippen molar-refractivity contribution in [2.75, 3.05) is 6.54 Å². The summed E-state index contributed by atoms with van der Waals surface area (Å²) in [6.45, 7) is 5.91. The zero-order valence-electron chi connectivity index (χ0n) is 17.0. The summed E-state index contributed by atoms with van der Waals surface area (Å²) in [5.41, 5.74) is 7.11. The van der Waals surface area contributed by atoms with Crippen LogP contribution in [0.3, 0.4) is 0 Å². The van der Waals surface area contributed by atoms with E-state index in [1.807, 2.05) is 24.5 Å². The number of nitrogens with zero attached hydrogens (tertiary/aromatic N) is 2. The smallest absolute Gasteiger partial charge is 0.123 e. The molecule has 1 saturated heterocycles. The Hall–Kier alpha value is -2.72. The van der Waals surface area contributed by atoms with Crippen molar-refractivity contribution in [1.29, 1.82) is 0 Å². The van der Waals surface area contributed by atoms with Crippen molar-refractivity contribution in [2.45, 2.75) is 44.7 Å². The number of rotatable bonds is 3. The van der Waals surface area contributed by atoms with Crippen LogP contribution in [0, 0.1) is 5.82 Å². The summed E-state index contributed by atoms with van der Waals surface area (Å²) in [7, 11) is 0. The number of aromatic nitrogens is 2. The van der Waals surface area contributed by atoms with Gasteiger partial charge in [-0.1, -0.05) is 6.08 Å². The minimum absolute atomic E-state index is 0.147. The third-order valence-electron chi connectivity index (χ3n) is 6.42. The first-order valence-corrected chi connectivity index (χ1v) is 10.4. The van der Waals surface area contributed by atoms with Crippen molar-refractivity contribution >= 4 is 5.57 Å². The Morgan fingerprint density at radius 2 is 1.83 bits per heavy atom. The highest BCUT2D eigenvalue weighted by Crippen LogP contribution is 2.45. The summed E-state index contributed by atoms with van der Waals surface area (Å²) in [6.07, 6.45) is 11.8. The lowest BCUT2D eigenvalue weighted by atomic mass is 9.82. The second kappa shape index (κ2) is 6.96. The van der Waals surface area contributed by atoms with Gasteiger partial charge in [0.15, 0.2) is 0 Å². The van der Waals surface area contributed by atoms with Crippen LogP contribution in [-0.2, 0) is 0 Å². The van der Waals surface area contributed by atoms with E-state index in [1.54, 1.807) is 0 Å². The highest BCUT2D eigenvalue weighted by molar-refractivity contribution is 5.91. The van der Waals surface area contributed by atoms with E-state index >= 15 is 0 Å². The molecule has 3 nitrogen and oxygen atoms in total. The average molecular weight is 388 g/mol. The van der Waals surface area contributed by atoms with Gasteiger partial charge >= 0.3 is 0 Å². The highest BCUT2D eigenvalue weighted by Gasteiger charge is 2.39. The standard InChI is InChI=1S/C25H26FN3/c1-25(2)15-19(14-21-4-3-13-29(21)25)22-16-28-24(18-5-7-20(26)8-6-18)23(22)17-9-11-27-12-10-17/h5-12,14,16,21,28H,3-4,13,15H2,1-2H3. The van der Waals surface area contributed by atoms with E-state index in [9.17, 15) is 4.39 Å². The molecule has 29 heavy (non-hydrogen) atoms. The monoisotopic (exact) mass is 387 g/mol. The van der Waals surface area contributed by atoms with E-state index in [-0.39, 0.29) is 11.4 Å². The van der Waals surface area contributed by atoms with E-state index in [0.29, 0.717) is 6.04 Å². The van der Waals surface area contributed by atoms with Crippen molar-refractivity contribution in [3.05, 3.63) is 72.4 Å². The second-order valence-corrected chi connectivity index (χ2v) is 8.78. The number of pyridine rings is 1. The molecule has 148 valence electrons. The largest absolute Gasteiger partial charge is 0.360 e. The number of nitrogens with one attached hydrogen (secondary N) is 1. The summed E-state index contributed by atoms with van der Waals surface area (Å²) < 4.78 is 13.5. The summed E-state index contributed by atoms with van der Waals surface area (Å²) in [6, 6.07) is 11.3. The predicted molar refractivity (Wildman–Crippen MR) is 116 cm³/mol. The van der Waals surface area contributed by atoms with Crippen LogP contribution < -0.4 is 0 Å². The number of benzene rings is 1. The van der Waals surface area contributed by atoms with Crippen LogP contribution in [0.2, 0.25) is 0 Å². The van der Waals surface area contributed by atoms with Gasteiger partial charge in [-0.25, -0.2) is 4.39 Å². The predicted octanol–water partition coefficient (Wildman–Crippen LogP) is 5.91. The lowest BCUT2D eigenvalue weighted by Gasteiger charge is -2.43. The fraction of sp³-hybridized carbons (Fsp3) is 0.320. The Kier molecular flexibility index (Phi) is 4.39. The zero-order valence-corrected chi connectivity index (χ0v) is 17.0. The first-order chi connectivity index (χ1) is 14.0. The molecular weight excluding hydrogens is 361 g/mol. The topological polar surface area (TPSA) is 31.9 Å². The van der Waals surface area contributed by atoms with Gasteiger partial charge in [0.05, 0.1) is 5.69 Å². The van der Waals surface area contributed by atoms with E-state index in [2.05, 4.69) is 53.1 Å². The van der Waals surface area contributed by atoms with Gasteiger partial charge < -0.3 is 4.98 Å². The Bertz CT molecular complexity index is 1050. The van der Waals surface area contributed by atoms with Gasteiger partial charge in [0.2, 0.25) is 0 Å². The molecule has 1 atom stereocenters. The molecule has 2 aliphatic heterocycles. The van der Waals surface area contributed by atoms with Crippen LogP contribution in [0.15, 0.2) is 61.1 Å². The first-order valence-electron chi connectivity index (χ1n) is 10.4. The fourth-order valence-electron chi connectivity index (χ4n) is 5.10. The molecule has 1 unspecified atom stereocenters. The Morgan fingerprint density at radius 1 is 1.07 bits per heavy atom. The molecule has 0 saturated carbocycles. The summed E-state index contributed by atoms with van der Waals surface area (Å²) >= 11 is 0. The third-order valence-corrected chi connectivity index (χ3v) is 6.42. The molecule has 2 aliphatic rings. The summed E-state index contributed by atoms with van der Waals surface area (Å²) in [4.78, 5) is 10.3. The van der Waals surface area contributed by atoms with Gasteiger partial charge in [-0.05, 0) is 92.8 Å². The van der Waals surface area contributed by atoms with E-state index in [1.165, 1.54) is 48.2 Å². The maximum absolute atomic E-state index is 13.5. The number of fused-ring (bicyclic) bond motifs is 1. The average Bonchev–Trinajstić information content (AvgIpc) is 3.36. The van der Waals surface area contributed by atoms with E-state index < -0.39 is 0 Å². The number of hydrogen-bond donors (Lipinski definition) is 1. The van der Waals surface area contributed by atoms with Gasteiger partial charge in [-0.2, -0.15) is 0 Å². The molecule has 0 amide bonds. The Morgan fingerprint density at radius 3 is 2.59 bits per heavy atom. The Balaban J connectivity index is 1.67. The molecule has 2 aromatic heterocycles. The summed E-state index contributed by atoms with van der Waals surface area (Å²) in [5.74, 6) is -0.218. The van der Waals surface area contributed by atoms with Crippen molar-refractivity contribution < 1.29 is 4.39 Å². The van der Waals surface area contributed by atoms with Gasteiger partial charge in [-0.15, -0.1) is 0 Å². The molecule has 4 heteroatoms. The minimum atomic E-state index is -0.218. The molecule has 5 rings (SSSR count). The van der Waals surface area contributed by atoms with Crippen LogP contribution in [-0.4, -0.2) is 33.0 Å². The fourth-order valence-corrected chi connectivity index (χ4v) is 5.10. The molecule has 0 radical (unpaired) electrons. The number of hydrogen-bond acceptors (Lipinski definition) is 2. The molecule has 4 heterocycles. The van der Waals surface area contributed by atoms with Crippen LogP contribution in [0.5, 0.6) is 0 Å². The second-order valence-electron chi connectivity index (χ2n) is 8.78. The van der Waals surface area contributed by atoms with Crippen molar-refractivity contribution in [3.8, 4) is 22.4 Å². The van der Waals surface area contributed by atoms with Crippen LogP contribution in [0.25, 0.3) is 28.0 Å². The van der Waals surface area contributed by atoms with Gasteiger partial charge in [0, 0.05) is 41.3 Å². The highest BCUT2D eigenvalue weighted by atomic mass is 19.1. The lowest BCUT2D eigenvalue weighted by molar-refractivity contribution is 0.122. The van der Waals surface area contributed by atoms with Gasteiger partial charge in [-0.3, -0.25) is 9.88 Å². The summed E-state index contributed by atoms with van der Waals surface area (Å²) in [5, 5.41) is 0. The normalized spacial score (nSPS) is 21.1. The minimum Gasteiger partial charge on any atom is -0.360 e. The molecule has 1 fully saturated rings. The maximum Gasteiger partial charge on any atom is 0.123 e. The quantitative estimate of drug-likeness (QED) is 0.605. The lowest BCUT2D eigenvalue weighted by Crippen LogP contribution is -2.48. The van der Waals surface area contributed by atoms with Crippen molar-refractivity contribution in [3.63, 3.8) is 0 Å². The number of aromatic amines is 1. The van der Waals surface area contributed by atoms with Gasteiger partial charge in [0.25, 0.3) is 0 Å². The zero-order chi connectivity index (χ0) is 20.0. The first kappa shape index (κ1) is 18.3. The van der Waals surface area contributed by atoms with Gasteiger partial charge in [0.1, 0.15) is 5.82 Å². The van der Waals surface area contributed by atoms with Crippen molar-refractivity contribution in [1.82, 2.24) is 14.9 Å². The molecule has 1 N–H and O–H groups in total. The molecule has 0 spiro atoms. The van der Waals surface area contributed by atoms with E-state index in [4.69, 9.17) is 0 Å². The maximum atomic E-state index is 13.5. The van der Waals surface area contributed by atoms with Crippen molar-refractivity contribution in [2.24, 2.45) is 0 Å². The molecular formula is C25H26FN3. The molecule has 1 aromatic carbocycles.